The maximum absolute atomic E-state index is 5.22. The summed E-state index contributed by atoms with van der Waals surface area (Å²) in [5.41, 5.74) is 0. The highest BCUT2D eigenvalue weighted by molar-refractivity contribution is 14.0. The molecule has 1 rings (SSSR count). The van der Waals surface area contributed by atoms with Gasteiger partial charge in [0.1, 0.15) is 0 Å². The summed E-state index contributed by atoms with van der Waals surface area (Å²) < 4.78 is 0. The predicted molar refractivity (Wildman–Crippen MR) is 88.5 cm³/mol. The van der Waals surface area contributed by atoms with Crippen LogP contribution in [-0.4, -0.2) is 49.6 Å². The van der Waals surface area contributed by atoms with E-state index in [-0.39, 0.29) is 24.0 Å². The highest BCUT2D eigenvalue weighted by Crippen LogP contribution is 2.26. The van der Waals surface area contributed by atoms with E-state index in [0.29, 0.717) is 12.6 Å². The summed E-state index contributed by atoms with van der Waals surface area (Å²) in [5, 5.41) is 6.28. The van der Waals surface area contributed by atoms with Crippen LogP contribution in [0.15, 0.2) is 4.99 Å². The minimum atomic E-state index is 0. The van der Waals surface area contributed by atoms with E-state index >= 15 is 0 Å². The van der Waals surface area contributed by atoms with Crippen LogP contribution < -0.4 is 10.6 Å². The van der Waals surface area contributed by atoms with Gasteiger partial charge in [0.2, 0.25) is 0 Å². The van der Waals surface area contributed by atoms with E-state index < -0.39 is 0 Å². The smallest absolute Gasteiger partial charge is 0.192 e. The maximum atomic E-state index is 5.22. The minimum absolute atomic E-state index is 0. The highest BCUT2D eigenvalue weighted by Gasteiger charge is 2.28. The molecule has 0 amide bonds. The lowest BCUT2D eigenvalue weighted by molar-refractivity contribution is 0.253. The van der Waals surface area contributed by atoms with E-state index in [0.717, 1.165) is 25.1 Å². The molecule has 0 aromatic carbocycles. The number of halogens is 1. The molecule has 5 heteroatoms. The van der Waals surface area contributed by atoms with Crippen LogP contribution in [0.2, 0.25) is 0 Å². The van der Waals surface area contributed by atoms with Gasteiger partial charge in [-0.1, -0.05) is 5.92 Å². The summed E-state index contributed by atoms with van der Waals surface area (Å²) in [6.45, 7) is 6.42. The fourth-order valence-corrected chi connectivity index (χ4v) is 1.67. The van der Waals surface area contributed by atoms with Crippen LogP contribution in [-0.2, 0) is 0 Å². The molecule has 2 N–H and O–H groups in total. The number of hydrogen-bond donors (Lipinski definition) is 2. The van der Waals surface area contributed by atoms with Crippen molar-refractivity contribution in [3.8, 4) is 12.3 Å². The summed E-state index contributed by atoms with van der Waals surface area (Å²) in [7, 11) is 2.18. The van der Waals surface area contributed by atoms with E-state index in [4.69, 9.17) is 6.42 Å². The van der Waals surface area contributed by atoms with E-state index in [1.165, 1.54) is 12.8 Å². The molecule has 18 heavy (non-hydrogen) atoms. The average molecular weight is 364 g/mol. The predicted octanol–water partition coefficient (Wildman–Crippen LogP) is 1.28. The molecule has 0 aromatic heterocycles. The van der Waals surface area contributed by atoms with Gasteiger partial charge in [-0.2, -0.15) is 0 Å². The molecule has 1 unspecified atom stereocenters. The number of hydrogen-bond acceptors (Lipinski definition) is 2. The monoisotopic (exact) mass is 364 g/mol. The highest BCUT2D eigenvalue weighted by atomic mass is 127. The lowest BCUT2D eigenvalue weighted by atomic mass is 10.3. The second-order valence-electron chi connectivity index (χ2n) is 4.52. The molecule has 0 saturated heterocycles. The molecule has 0 radical (unpaired) electrons. The SMILES string of the molecule is C#CCNC(=NCC(C)N(C)C1CC1)NCC.I. The summed E-state index contributed by atoms with van der Waals surface area (Å²) in [4.78, 5) is 6.95. The van der Waals surface area contributed by atoms with Gasteiger partial charge in [-0.25, -0.2) is 0 Å². The van der Waals surface area contributed by atoms with Gasteiger partial charge in [-0.15, -0.1) is 30.4 Å². The van der Waals surface area contributed by atoms with Crippen LogP contribution in [0.3, 0.4) is 0 Å². The van der Waals surface area contributed by atoms with Crippen LogP contribution in [0, 0.1) is 12.3 Å². The second kappa shape index (κ2) is 9.45. The summed E-state index contributed by atoms with van der Waals surface area (Å²) >= 11 is 0. The number of nitrogens with zero attached hydrogens (tertiary/aromatic N) is 2. The van der Waals surface area contributed by atoms with Crippen LogP contribution in [0.5, 0.6) is 0 Å². The van der Waals surface area contributed by atoms with Gasteiger partial charge in [-0.05, 0) is 33.7 Å². The Labute approximate surface area is 128 Å². The van der Waals surface area contributed by atoms with Crippen molar-refractivity contribution in [2.75, 3.05) is 26.7 Å². The van der Waals surface area contributed by atoms with Gasteiger partial charge in [0, 0.05) is 18.6 Å². The Hall–Kier alpha value is -0.480. The molecule has 104 valence electrons. The Balaban J connectivity index is 0.00000289. The van der Waals surface area contributed by atoms with Crippen molar-refractivity contribution in [2.45, 2.75) is 38.8 Å². The lowest BCUT2D eigenvalue weighted by Crippen LogP contribution is -2.39. The van der Waals surface area contributed by atoms with Gasteiger partial charge < -0.3 is 10.6 Å². The summed E-state index contributed by atoms with van der Waals surface area (Å²) in [6.07, 6.45) is 7.89. The first-order chi connectivity index (χ1) is 8.19. The average Bonchev–Trinajstić information content (AvgIpc) is 3.15. The zero-order valence-corrected chi connectivity index (χ0v) is 13.9. The van der Waals surface area contributed by atoms with Gasteiger partial charge in [-0.3, -0.25) is 9.89 Å². The zero-order chi connectivity index (χ0) is 12.7. The second-order valence-corrected chi connectivity index (χ2v) is 4.52. The molecule has 1 fully saturated rings. The van der Waals surface area contributed by atoms with E-state index in [1.54, 1.807) is 0 Å². The molecule has 0 bridgehead atoms. The first-order valence-corrected chi connectivity index (χ1v) is 6.36. The van der Waals surface area contributed by atoms with Crippen molar-refractivity contribution >= 4 is 29.9 Å². The molecule has 0 spiro atoms. The third-order valence-corrected chi connectivity index (χ3v) is 3.03. The zero-order valence-electron chi connectivity index (χ0n) is 11.6. The molecule has 1 aliphatic carbocycles. The third kappa shape index (κ3) is 6.45. The molecule has 1 atom stereocenters. The maximum Gasteiger partial charge on any atom is 0.192 e. The van der Waals surface area contributed by atoms with Crippen LogP contribution in [0.25, 0.3) is 0 Å². The van der Waals surface area contributed by atoms with Crippen LogP contribution >= 0.6 is 24.0 Å². The molecule has 0 aliphatic heterocycles. The third-order valence-electron chi connectivity index (χ3n) is 3.03. The fraction of sp³-hybridized carbons (Fsp3) is 0.769. The van der Waals surface area contributed by atoms with Crippen LogP contribution in [0.4, 0.5) is 0 Å². The van der Waals surface area contributed by atoms with Crippen molar-refractivity contribution in [3.05, 3.63) is 0 Å². The molecular formula is C13H25IN4. The first kappa shape index (κ1) is 17.5. The van der Waals surface area contributed by atoms with Gasteiger partial charge >= 0.3 is 0 Å². The lowest BCUT2D eigenvalue weighted by Gasteiger charge is -2.23. The molecule has 0 heterocycles. The fourth-order valence-electron chi connectivity index (χ4n) is 1.67. The number of likely N-dealkylation sites (N-methyl/N-ethyl adjacent to an activating group) is 1. The van der Waals surface area contributed by atoms with Crippen LogP contribution in [0.1, 0.15) is 26.7 Å². The van der Waals surface area contributed by atoms with Crippen molar-refractivity contribution in [1.82, 2.24) is 15.5 Å². The van der Waals surface area contributed by atoms with Crippen molar-refractivity contribution < 1.29 is 0 Å². The Bertz CT molecular complexity index is 294. The Morgan fingerprint density at radius 2 is 2.17 bits per heavy atom. The molecular weight excluding hydrogens is 339 g/mol. The number of terminal acetylenes is 1. The van der Waals surface area contributed by atoms with Gasteiger partial charge in [0.25, 0.3) is 0 Å². The Morgan fingerprint density at radius 3 is 2.67 bits per heavy atom. The number of rotatable bonds is 6. The minimum Gasteiger partial charge on any atom is -0.357 e. The quantitative estimate of drug-likeness (QED) is 0.323. The molecule has 1 saturated carbocycles. The number of nitrogens with one attached hydrogen (secondary N) is 2. The van der Waals surface area contributed by atoms with Gasteiger partial charge in [0.15, 0.2) is 5.96 Å². The van der Waals surface area contributed by atoms with E-state index in [2.05, 4.69) is 40.4 Å². The molecule has 0 aromatic rings. The largest absolute Gasteiger partial charge is 0.357 e. The summed E-state index contributed by atoms with van der Waals surface area (Å²) in [5.74, 6) is 3.36. The topological polar surface area (TPSA) is 39.7 Å². The number of guanidine groups is 1. The van der Waals surface area contributed by atoms with E-state index in [9.17, 15) is 0 Å². The van der Waals surface area contributed by atoms with Crippen molar-refractivity contribution in [2.24, 2.45) is 4.99 Å². The van der Waals surface area contributed by atoms with E-state index in [1.807, 2.05) is 6.92 Å². The number of aliphatic imine (C=N–C) groups is 1. The molecule has 1 aliphatic rings. The summed E-state index contributed by atoms with van der Waals surface area (Å²) in [6, 6.07) is 1.25. The first-order valence-electron chi connectivity index (χ1n) is 6.36. The van der Waals surface area contributed by atoms with Crippen molar-refractivity contribution in [3.63, 3.8) is 0 Å². The van der Waals surface area contributed by atoms with Crippen molar-refractivity contribution in [1.29, 1.82) is 0 Å². The molecule has 4 nitrogen and oxygen atoms in total. The Morgan fingerprint density at radius 1 is 1.50 bits per heavy atom. The Kier molecular flexibility index (Phi) is 9.20. The van der Waals surface area contributed by atoms with Gasteiger partial charge in [0.05, 0.1) is 13.1 Å². The standard InChI is InChI=1S/C13H24N4.HI/c1-5-9-15-13(14-6-2)16-10-11(3)17(4)12-7-8-12;/h1,11-12H,6-10H2,2-4H3,(H2,14,15,16);1H. The normalized spacial score (nSPS) is 16.7.